The summed E-state index contributed by atoms with van der Waals surface area (Å²) in [5.74, 6) is 0. The van der Waals surface area contributed by atoms with Gasteiger partial charge in [-0.3, -0.25) is 0 Å². The molecule has 0 fully saturated rings. The van der Waals surface area contributed by atoms with Crippen LogP contribution in [-0.2, 0) is 13.7 Å². The normalized spacial score (nSPS) is 10.4. The maximum atomic E-state index is 11.1. The van der Waals surface area contributed by atoms with E-state index < -0.39 is 8.25 Å². The maximum Gasteiger partial charge on any atom is 1.00 e. The number of unbranched alkanes of at least 4 members (excludes halogenated alkanes) is 2. The van der Waals surface area contributed by atoms with Crippen molar-refractivity contribution >= 4 is 8.25 Å². The van der Waals surface area contributed by atoms with E-state index in [0.717, 1.165) is 32.4 Å². The number of rotatable bonds is 12. The third-order valence-electron chi connectivity index (χ3n) is 1.81. The average Bonchev–Trinajstić information content (AvgIpc) is 2.29. The first-order valence-corrected chi connectivity index (χ1v) is 6.81. The van der Waals surface area contributed by atoms with E-state index in [0.29, 0.717) is 19.7 Å². The van der Waals surface area contributed by atoms with Crippen molar-refractivity contribution in [2.24, 2.45) is 5.73 Å². The second-order valence-electron chi connectivity index (χ2n) is 3.29. The Morgan fingerprint density at radius 3 is 2.56 bits per heavy atom. The van der Waals surface area contributed by atoms with E-state index in [4.69, 9.17) is 14.9 Å². The summed E-state index contributed by atoms with van der Waals surface area (Å²) in [5, 5.41) is 3.07. The van der Waals surface area contributed by atoms with Crippen LogP contribution >= 0.6 is 8.25 Å². The van der Waals surface area contributed by atoms with Gasteiger partial charge in [-0.2, -0.15) is 0 Å². The van der Waals surface area contributed by atoms with Crippen LogP contribution in [0.3, 0.4) is 0 Å². The van der Waals surface area contributed by atoms with Gasteiger partial charge in [0.25, 0.3) is 0 Å². The number of hydrogen-bond donors (Lipinski definition) is 3. The minimum absolute atomic E-state index is 0. The largest absolute Gasteiger partial charge is 1.00 e. The Bertz CT molecular complexity index is 191. The van der Waals surface area contributed by atoms with Gasteiger partial charge in [-0.05, 0) is 11.0 Å². The summed E-state index contributed by atoms with van der Waals surface area (Å²) in [6, 6.07) is 0. The molecule has 0 aliphatic heterocycles. The van der Waals surface area contributed by atoms with Crippen molar-refractivity contribution < 1.29 is 119 Å². The average molecular weight is 332 g/mol. The molecule has 0 saturated heterocycles. The van der Waals surface area contributed by atoms with Gasteiger partial charge < -0.3 is 13.9 Å². The number of hydrogen-bond acceptors (Lipinski definition) is 6. The van der Waals surface area contributed by atoms with Crippen LogP contribution in [0.25, 0.3) is 0 Å². The summed E-state index contributed by atoms with van der Waals surface area (Å²) in [6.45, 7) is 5.25. The molecule has 0 aromatic heterocycles. The summed E-state index contributed by atoms with van der Waals surface area (Å²) < 4.78 is 20.8. The molecule has 0 heterocycles. The Kier molecular flexibility index (Phi) is 32.5. The summed E-state index contributed by atoms with van der Waals surface area (Å²) in [6.07, 6.45) is 3.12. The van der Waals surface area contributed by atoms with Gasteiger partial charge in [-0.25, -0.2) is 0 Å². The summed E-state index contributed by atoms with van der Waals surface area (Å²) >= 11 is 0. The van der Waals surface area contributed by atoms with E-state index in [9.17, 15) is 4.57 Å². The Morgan fingerprint density at radius 2 is 1.94 bits per heavy atom. The van der Waals surface area contributed by atoms with Crippen molar-refractivity contribution in [3.8, 4) is 0 Å². The molecule has 0 aromatic carbocycles. The van der Waals surface area contributed by atoms with E-state index in [1.165, 1.54) is 0 Å². The van der Waals surface area contributed by atoms with Crippen molar-refractivity contribution in [3.63, 3.8) is 0 Å². The Morgan fingerprint density at radius 1 is 1.22 bits per heavy atom. The van der Waals surface area contributed by atoms with Crippen molar-refractivity contribution in [2.45, 2.75) is 26.2 Å². The molecule has 0 spiro atoms. The van der Waals surface area contributed by atoms with Crippen LogP contribution in [0, 0.1) is 0 Å². The first-order valence-electron chi connectivity index (χ1n) is 5.72. The van der Waals surface area contributed by atoms with E-state index in [1.54, 1.807) is 0 Å². The predicted molar refractivity (Wildman–Crippen MR) is 66.3 cm³/mol. The van der Waals surface area contributed by atoms with Crippen LogP contribution in [0.1, 0.15) is 29.0 Å². The fourth-order valence-electron chi connectivity index (χ4n) is 0.982. The van der Waals surface area contributed by atoms with Crippen LogP contribution in [0.4, 0.5) is 0 Å². The van der Waals surface area contributed by atoms with Gasteiger partial charge in [-0.15, -0.1) is 10.0 Å². The zero-order valence-corrected chi connectivity index (χ0v) is 19.0. The van der Waals surface area contributed by atoms with E-state index in [-0.39, 0.29) is 106 Å². The molecule has 1 unspecified atom stereocenters. The van der Waals surface area contributed by atoms with Crippen LogP contribution in [-0.4, -0.2) is 32.8 Å². The van der Waals surface area contributed by atoms with E-state index in [1.807, 2.05) is 0 Å². The minimum atomic E-state index is -2.04. The molecule has 0 aliphatic carbocycles. The molecule has 0 saturated carbocycles. The van der Waals surface area contributed by atoms with Crippen LogP contribution in [0.15, 0.2) is 0 Å². The SMILES string of the molecule is CCCCCO[P+](=O)ONCCNCCN.[H-].[H-].[K+].[K+]. The van der Waals surface area contributed by atoms with Gasteiger partial charge in [0.1, 0.15) is 6.61 Å². The molecule has 9 heteroatoms. The molecule has 1 atom stereocenters. The molecular formula is C9H25K2N3O3P+. The van der Waals surface area contributed by atoms with Crippen LogP contribution in [0.5, 0.6) is 0 Å². The monoisotopic (exact) mass is 332 g/mol. The first kappa shape index (κ1) is 26.1. The van der Waals surface area contributed by atoms with Crippen molar-refractivity contribution in [3.05, 3.63) is 0 Å². The van der Waals surface area contributed by atoms with Crippen molar-refractivity contribution in [1.29, 1.82) is 0 Å². The Balaban J connectivity index is -0.000000187. The van der Waals surface area contributed by atoms with Crippen molar-refractivity contribution in [1.82, 2.24) is 10.8 Å². The summed E-state index contributed by atoms with van der Waals surface area (Å²) in [4.78, 5) is 0. The first-order chi connectivity index (χ1) is 7.81. The maximum absolute atomic E-state index is 11.1. The Labute approximate surface area is 199 Å². The van der Waals surface area contributed by atoms with Gasteiger partial charge >= 0.3 is 111 Å². The summed E-state index contributed by atoms with van der Waals surface area (Å²) in [5.41, 5.74) is 7.86. The molecule has 18 heavy (non-hydrogen) atoms. The quantitative estimate of drug-likeness (QED) is 0.144. The van der Waals surface area contributed by atoms with E-state index >= 15 is 0 Å². The van der Waals surface area contributed by atoms with Gasteiger partial charge in [0, 0.05) is 30.7 Å². The van der Waals surface area contributed by atoms with E-state index in [2.05, 4.69) is 17.7 Å². The van der Waals surface area contributed by atoms with Crippen LogP contribution in [0.2, 0.25) is 0 Å². The molecule has 4 N–H and O–H groups in total. The number of hydroxylamine groups is 1. The summed E-state index contributed by atoms with van der Waals surface area (Å²) in [7, 11) is -2.04. The second kappa shape index (κ2) is 22.5. The standard InChI is InChI=1S/C9H23N3O3P.2K.2H/c1-2-3-4-9-14-16(13)15-12-8-7-11-6-5-10;;;;/h11-12H,2-10H2,1H3;;;;/q3*+1;2*-1. The van der Waals surface area contributed by atoms with Gasteiger partial charge in [0.15, 0.2) is 0 Å². The fraction of sp³-hybridized carbons (Fsp3) is 1.00. The molecule has 0 aromatic rings. The molecular weight excluding hydrogens is 307 g/mol. The Hall–Kier alpha value is 3.17. The fourth-order valence-corrected chi connectivity index (χ4v) is 1.51. The van der Waals surface area contributed by atoms with Crippen molar-refractivity contribution in [2.75, 3.05) is 32.8 Å². The zero-order valence-electron chi connectivity index (χ0n) is 13.9. The third kappa shape index (κ3) is 21.5. The van der Waals surface area contributed by atoms with Gasteiger partial charge in [0.05, 0.1) is 0 Å². The molecule has 100 valence electrons. The molecule has 0 aliphatic rings. The van der Waals surface area contributed by atoms with Gasteiger partial charge in [-0.1, -0.05) is 19.8 Å². The topological polar surface area (TPSA) is 85.6 Å². The second-order valence-corrected chi connectivity index (χ2v) is 4.18. The van der Waals surface area contributed by atoms with Gasteiger partial charge in [0.2, 0.25) is 0 Å². The number of nitrogens with one attached hydrogen (secondary N) is 2. The smallest absolute Gasteiger partial charge is 1.00 e. The molecule has 0 radical (unpaired) electrons. The molecule has 0 bridgehead atoms. The minimum Gasteiger partial charge on any atom is -1.00 e. The van der Waals surface area contributed by atoms with Crippen LogP contribution < -0.4 is 119 Å². The predicted octanol–water partition coefficient (Wildman–Crippen LogP) is -4.85. The third-order valence-corrected chi connectivity index (χ3v) is 2.48. The molecule has 6 nitrogen and oxygen atoms in total. The molecule has 0 rings (SSSR count). The molecule has 0 amide bonds. The zero-order chi connectivity index (χ0) is 12.1. The number of nitrogens with two attached hydrogens (primary N) is 1.